The van der Waals surface area contributed by atoms with Crippen molar-refractivity contribution in [2.24, 2.45) is 11.8 Å². The lowest BCUT2D eigenvalue weighted by Crippen LogP contribution is -2.41. The van der Waals surface area contributed by atoms with Crippen molar-refractivity contribution in [1.82, 2.24) is 14.8 Å². The van der Waals surface area contributed by atoms with Gasteiger partial charge in [-0.25, -0.2) is 4.39 Å². The number of aromatic nitrogens is 1. The fourth-order valence-corrected chi connectivity index (χ4v) is 5.61. The lowest BCUT2D eigenvalue weighted by Gasteiger charge is -2.32. The number of Topliss-reactive ketones (excluding diaryl/α,β-unsaturated/α-hetero) is 1. The maximum absolute atomic E-state index is 13.6. The Balaban J connectivity index is 1.31. The largest absolute Gasteiger partial charge is 0.496 e. The molecule has 3 heterocycles. The Morgan fingerprint density at radius 1 is 0.947 bits per heavy atom. The highest BCUT2D eigenvalue weighted by molar-refractivity contribution is 6.45. The number of nitrogens with one attached hydrogen (secondary N) is 1. The summed E-state index contributed by atoms with van der Waals surface area (Å²) in [5.74, 6) is -0.0468. The fourth-order valence-electron chi connectivity index (χ4n) is 5.61. The monoisotopic (exact) mass is 519 g/mol. The molecule has 0 unspecified atom stereocenters. The molecule has 0 aliphatic carbocycles. The first kappa shape index (κ1) is 25.9. The molecule has 38 heavy (non-hydrogen) atoms. The van der Waals surface area contributed by atoms with Crippen LogP contribution < -0.4 is 4.74 Å². The molecule has 3 aromatic rings. The number of nitrogens with zero attached hydrogens (tertiary/aromatic N) is 2. The van der Waals surface area contributed by atoms with Crippen molar-refractivity contribution in [3.63, 3.8) is 0 Å². The first-order valence-corrected chi connectivity index (χ1v) is 13.4. The molecule has 0 spiro atoms. The average molecular weight is 520 g/mol. The Bertz CT molecular complexity index is 1330. The minimum Gasteiger partial charge on any atom is -0.496 e. The van der Waals surface area contributed by atoms with E-state index in [1.54, 1.807) is 23.2 Å². The summed E-state index contributed by atoms with van der Waals surface area (Å²) in [6.07, 6.45) is 5.89. The molecule has 0 atom stereocenters. The number of piperidine rings is 2. The highest BCUT2D eigenvalue weighted by Gasteiger charge is 2.30. The molecule has 0 saturated carbocycles. The number of benzene rings is 2. The van der Waals surface area contributed by atoms with Gasteiger partial charge in [0.05, 0.1) is 18.2 Å². The summed E-state index contributed by atoms with van der Waals surface area (Å²) in [6.45, 7) is 4.54. The number of H-pyrrole nitrogens is 1. The zero-order valence-electron chi connectivity index (χ0n) is 22.0. The van der Waals surface area contributed by atoms with E-state index in [-0.39, 0.29) is 17.3 Å². The Labute approximate surface area is 221 Å². The number of fused-ring (bicyclic) bond motifs is 1. The average Bonchev–Trinajstić information content (AvgIpc) is 3.36. The van der Waals surface area contributed by atoms with Crippen molar-refractivity contribution in [2.75, 3.05) is 33.3 Å². The maximum Gasteiger partial charge on any atom is 0.295 e. The van der Waals surface area contributed by atoms with Crippen molar-refractivity contribution >= 4 is 28.5 Å². The van der Waals surface area contributed by atoms with Crippen LogP contribution in [0, 0.1) is 17.7 Å². The molecular formula is C30H34FN3O4. The number of methoxy groups -OCH3 is 1. The van der Waals surface area contributed by atoms with Gasteiger partial charge in [0.25, 0.3) is 17.6 Å². The van der Waals surface area contributed by atoms with E-state index in [4.69, 9.17) is 4.74 Å². The Morgan fingerprint density at radius 2 is 1.61 bits per heavy atom. The Morgan fingerprint density at radius 3 is 2.26 bits per heavy atom. The van der Waals surface area contributed by atoms with E-state index >= 15 is 0 Å². The van der Waals surface area contributed by atoms with Crippen LogP contribution in [-0.4, -0.2) is 65.7 Å². The fraction of sp³-hybridized carbons (Fsp3) is 0.433. The normalized spacial score (nSPS) is 17.1. The number of hydrogen-bond acceptors (Lipinski definition) is 4. The number of ether oxygens (including phenoxy) is 1. The van der Waals surface area contributed by atoms with Gasteiger partial charge >= 0.3 is 0 Å². The highest BCUT2D eigenvalue weighted by atomic mass is 19.1. The number of ketones is 1. The van der Waals surface area contributed by atoms with Crippen LogP contribution >= 0.6 is 0 Å². The lowest BCUT2D eigenvalue weighted by atomic mass is 9.90. The summed E-state index contributed by atoms with van der Waals surface area (Å²) in [4.78, 5) is 46.2. The number of rotatable bonds is 6. The van der Waals surface area contributed by atoms with Crippen LogP contribution in [-0.2, 0) is 11.2 Å². The van der Waals surface area contributed by atoms with Crippen LogP contribution in [0.25, 0.3) is 10.9 Å². The number of amides is 2. The Kier molecular flexibility index (Phi) is 7.49. The van der Waals surface area contributed by atoms with Gasteiger partial charge in [-0.2, -0.15) is 0 Å². The number of carbonyl (C=O) groups excluding carboxylic acids is 3. The molecule has 8 heteroatoms. The number of hydrogen-bond donors (Lipinski definition) is 1. The van der Waals surface area contributed by atoms with Gasteiger partial charge in [-0.15, -0.1) is 0 Å². The number of carbonyl (C=O) groups is 3. The van der Waals surface area contributed by atoms with E-state index in [0.717, 1.165) is 37.7 Å². The second-order valence-corrected chi connectivity index (χ2v) is 10.7. The molecule has 2 fully saturated rings. The number of likely N-dealkylation sites (tertiary alicyclic amines) is 2. The van der Waals surface area contributed by atoms with Crippen LogP contribution in [0.1, 0.15) is 58.9 Å². The molecule has 1 N–H and O–H groups in total. The molecule has 0 radical (unpaired) electrons. The standard InChI is InChI=1S/C30H34FN3O4/c1-19-7-11-34(12-8-19)30(37)28(35)25-18-32-26-17-27(38-2)24(16-23(25)26)29(36)33-13-9-21(10-14-33)15-20-3-5-22(31)6-4-20/h3-6,16-19,21,32H,7-15H2,1-2H3. The van der Waals surface area contributed by atoms with Crippen LogP contribution in [0.4, 0.5) is 4.39 Å². The molecule has 2 aromatic carbocycles. The van der Waals surface area contributed by atoms with E-state index in [1.165, 1.54) is 19.2 Å². The van der Waals surface area contributed by atoms with Gasteiger partial charge < -0.3 is 19.5 Å². The molecule has 0 bridgehead atoms. The van der Waals surface area contributed by atoms with Crippen molar-refractivity contribution in [2.45, 2.75) is 39.0 Å². The summed E-state index contributed by atoms with van der Waals surface area (Å²) in [5, 5.41) is 0.545. The third-order valence-corrected chi connectivity index (χ3v) is 8.08. The van der Waals surface area contributed by atoms with Crippen molar-refractivity contribution in [3.05, 3.63) is 65.1 Å². The minimum absolute atomic E-state index is 0.153. The van der Waals surface area contributed by atoms with Crippen LogP contribution in [0.2, 0.25) is 0 Å². The summed E-state index contributed by atoms with van der Waals surface area (Å²) >= 11 is 0. The number of aromatic amines is 1. The smallest absolute Gasteiger partial charge is 0.295 e. The van der Waals surface area contributed by atoms with E-state index in [1.807, 2.05) is 17.0 Å². The number of halogens is 1. The third-order valence-electron chi connectivity index (χ3n) is 8.08. The quantitative estimate of drug-likeness (QED) is 0.373. The molecule has 5 rings (SSSR count). The SMILES string of the molecule is COc1cc2[nH]cc(C(=O)C(=O)N3CCC(C)CC3)c2cc1C(=O)N1CCC(Cc2ccc(F)cc2)CC1. The maximum atomic E-state index is 13.6. The first-order chi connectivity index (χ1) is 18.3. The van der Waals surface area contributed by atoms with Gasteiger partial charge in [-0.1, -0.05) is 19.1 Å². The molecule has 2 amide bonds. The predicted molar refractivity (Wildman–Crippen MR) is 143 cm³/mol. The molecule has 1 aromatic heterocycles. The van der Waals surface area contributed by atoms with Crippen LogP contribution in [0.15, 0.2) is 42.6 Å². The zero-order chi connectivity index (χ0) is 26.8. The van der Waals surface area contributed by atoms with Crippen LogP contribution in [0.5, 0.6) is 5.75 Å². The molecular weight excluding hydrogens is 485 g/mol. The third kappa shape index (κ3) is 5.30. The zero-order valence-corrected chi connectivity index (χ0v) is 22.0. The first-order valence-electron chi connectivity index (χ1n) is 13.4. The van der Waals surface area contributed by atoms with Crippen LogP contribution in [0.3, 0.4) is 0 Å². The van der Waals surface area contributed by atoms with Gasteiger partial charge in [-0.05, 0) is 67.7 Å². The highest BCUT2D eigenvalue weighted by Crippen LogP contribution is 2.31. The summed E-state index contributed by atoms with van der Waals surface area (Å²) < 4.78 is 18.8. The lowest BCUT2D eigenvalue weighted by molar-refractivity contribution is -0.127. The summed E-state index contributed by atoms with van der Waals surface area (Å²) in [6, 6.07) is 10.00. The predicted octanol–water partition coefficient (Wildman–Crippen LogP) is 4.85. The second-order valence-electron chi connectivity index (χ2n) is 10.7. The van der Waals surface area contributed by atoms with E-state index in [2.05, 4.69) is 11.9 Å². The minimum atomic E-state index is -0.559. The summed E-state index contributed by atoms with van der Waals surface area (Å²) in [7, 11) is 1.52. The van der Waals surface area contributed by atoms with Gasteiger partial charge in [-0.3, -0.25) is 14.4 Å². The van der Waals surface area contributed by atoms with Crippen molar-refractivity contribution < 1.29 is 23.5 Å². The molecule has 2 saturated heterocycles. The van der Waals surface area contributed by atoms with E-state index in [0.29, 0.717) is 60.2 Å². The molecule has 200 valence electrons. The topological polar surface area (TPSA) is 82.7 Å². The Hall–Kier alpha value is -3.68. The van der Waals surface area contributed by atoms with Crippen molar-refractivity contribution in [1.29, 1.82) is 0 Å². The van der Waals surface area contributed by atoms with Crippen molar-refractivity contribution in [3.8, 4) is 5.75 Å². The second kappa shape index (κ2) is 11.0. The van der Waals surface area contributed by atoms with Gasteiger partial charge in [0.1, 0.15) is 11.6 Å². The molecule has 2 aliphatic heterocycles. The van der Waals surface area contributed by atoms with Gasteiger partial charge in [0, 0.05) is 49.3 Å². The molecule has 7 nitrogen and oxygen atoms in total. The van der Waals surface area contributed by atoms with E-state index in [9.17, 15) is 18.8 Å². The van der Waals surface area contributed by atoms with E-state index < -0.39 is 11.7 Å². The summed E-state index contributed by atoms with van der Waals surface area (Å²) in [5.41, 5.74) is 2.39. The van der Waals surface area contributed by atoms with Gasteiger partial charge in [0.2, 0.25) is 0 Å². The van der Waals surface area contributed by atoms with Gasteiger partial charge in [0.15, 0.2) is 0 Å². The molecule has 2 aliphatic rings.